The van der Waals surface area contributed by atoms with Crippen LogP contribution in [0.1, 0.15) is 11.1 Å². The molecule has 0 heterocycles. The van der Waals surface area contributed by atoms with E-state index in [1.165, 1.54) is 11.1 Å². The van der Waals surface area contributed by atoms with Gasteiger partial charge in [0.25, 0.3) is 0 Å². The van der Waals surface area contributed by atoms with Gasteiger partial charge in [0.1, 0.15) is 0 Å². The van der Waals surface area contributed by atoms with Crippen molar-refractivity contribution in [2.45, 2.75) is 6.42 Å². The molecular formula is C10H11Cl. The molecule has 0 nitrogen and oxygen atoms in total. The lowest BCUT2D eigenvalue weighted by atomic mass is 10.1. The lowest BCUT2D eigenvalue weighted by molar-refractivity contribution is 1.14. The van der Waals surface area contributed by atoms with Crippen LogP contribution in [0.15, 0.2) is 30.8 Å². The minimum absolute atomic E-state index is 0.671. The third-order valence-electron chi connectivity index (χ3n) is 1.64. The van der Waals surface area contributed by atoms with Crippen LogP contribution in [0.2, 0.25) is 0 Å². The first-order valence-electron chi connectivity index (χ1n) is 3.65. The third-order valence-corrected chi connectivity index (χ3v) is 1.83. The second-order valence-corrected chi connectivity index (χ2v) is 2.72. The molecule has 0 N–H and O–H groups in total. The summed E-state index contributed by atoms with van der Waals surface area (Å²) in [5, 5.41) is 0. The topological polar surface area (TPSA) is 0 Å². The van der Waals surface area contributed by atoms with Crippen molar-refractivity contribution in [1.29, 1.82) is 0 Å². The van der Waals surface area contributed by atoms with Crippen molar-refractivity contribution >= 4 is 17.7 Å². The molecule has 0 atom stereocenters. The van der Waals surface area contributed by atoms with Crippen LogP contribution >= 0.6 is 11.6 Å². The highest BCUT2D eigenvalue weighted by Gasteiger charge is 1.95. The maximum Gasteiger partial charge on any atom is 0.0264 e. The maximum absolute atomic E-state index is 5.63. The van der Waals surface area contributed by atoms with Gasteiger partial charge in [-0.1, -0.05) is 36.9 Å². The number of hydrogen-bond donors (Lipinski definition) is 0. The number of aryl methyl sites for hydroxylation is 1. The summed E-state index contributed by atoms with van der Waals surface area (Å²) in [4.78, 5) is 0. The summed E-state index contributed by atoms with van der Waals surface area (Å²) in [5.74, 6) is 0.671. The van der Waals surface area contributed by atoms with Crippen molar-refractivity contribution < 1.29 is 0 Å². The number of alkyl halides is 1. The van der Waals surface area contributed by atoms with Gasteiger partial charge >= 0.3 is 0 Å². The zero-order valence-corrected chi connectivity index (χ0v) is 7.14. The SMILES string of the molecule is C=Cc1ccccc1CCCl. The summed E-state index contributed by atoms with van der Waals surface area (Å²) in [6.07, 6.45) is 2.78. The predicted molar refractivity (Wildman–Crippen MR) is 51.0 cm³/mol. The number of benzene rings is 1. The van der Waals surface area contributed by atoms with Crippen LogP contribution in [0.4, 0.5) is 0 Å². The van der Waals surface area contributed by atoms with E-state index < -0.39 is 0 Å². The molecule has 0 spiro atoms. The number of halogens is 1. The molecule has 1 aromatic carbocycles. The highest BCUT2D eigenvalue weighted by Crippen LogP contribution is 2.10. The monoisotopic (exact) mass is 166 g/mol. The van der Waals surface area contributed by atoms with Crippen LogP contribution in [-0.2, 0) is 6.42 Å². The summed E-state index contributed by atoms with van der Waals surface area (Å²) < 4.78 is 0. The van der Waals surface area contributed by atoms with Crippen LogP contribution in [0.5, 0.6) is 0 Å². The maximum atomic E-state index is 5.63. The Kier molecular flexibility index (Phi) is 3.18. The fourth-order valence-electron chi connectivity index (χ4n) is 1.06. The van der Waals surface area contributed by atoms with Crippen LogP contribution in [-0.4, -0.2) is 5.88 Å². The molecule has 1 heteroatoms. The van der Waals surface area contributed by atoms with Gasteiger partial charge in [-0.2, -0.15) is 0 Å². The van der Waals surface area contributed by atoms with Gasteiger partial charge in [-0.15, -0.1) is 11.6 Å². The minimum atomic E-state index is 0.671. The largest absolute Gasteiger partial charge is 0.126 e. The molecule has 0 aliphatic carbocycles. The Morgan fingerprint density at radius 3 is 2.73 bits per heavy atom. The zero-order valence-electron chi connectivity index (χ0n) is 6.39. The van der Waals surface area contributed by atoms with E-state index in [0.29, 0.717) is 5.88 Å². The second-order valence-electron chi connectivity index (χ2n) is 2.34. The van der Waals surface area contributed by atoms with E-state index in [-0.39, 0.29) is 0 Å². The Labute approximate surface area is 72.5 Å². The van der Waals surface area contributed by atoms with Crippen LogP contribution in [0, 0.1) is 0 Å². The predicted octanol–water partition coefficient (Wildman–Crippen LogP) is 3.11. The smallest absolute Gasteiger partial charge is 0.0264 e. The summed E-state index contributed by atoms with van der Waals surface area (Å²) >= 11 is 5.63. The molecule has 0 saturated carbocycles. The molecular weight excluding hydrogens is 156 g/mol. The lowest BCUT2D eigenvalue weighted by Gasteiger charge is -2.01. The summed E-state index contributed by atoms with van der Waals surface area (Å²) in [7, 11) is 0. The molecule has 1 aromatic rings. The van der Waals surface area contributed by atoms with Crippen molar-refractivity contribution in [2.24, 2.45) is 0 Å². The van der Waals surface area contributed by atoms with Crippen molar-refractivity contribution in [1.82, 2.24) is 0 Å². The summed E-state index contributed by atoms with van der Waals surface area (Å²) in [6.45, 7) is 3.73. The molecule has 0 radical (unpaired) electrons. The van der Waals surface area contributed by atoms with Crippen LogP contribution in [0.3, 0.4) is 0 Å². The third kappa shape index (κ3) is 2.09. The van der Waals surface area contributed by atoms with E-state index in [4.69, 9.17) is 11.6 Å². The molecule has 0 fully saturated rings. The Bertz CT molecular complexity index is 240. The lowest BCUT2D eigenvalue weighted by Crippen LogP contribution is -1.88. The van der Waals surface area contributed by atoms with Gasteiger partial charge in [0.05, 0.1) is 0 Å². The van der Waals surface area contributed by atoms with E-state index in [1.54, 1.807) is 0 Å². The molecule has 0 unspecified atom stereocenters. The molecule has 0 aliphatic rings. The molecule has 1 rings (SSSR count). The highest BCUT2D eigenvalue weighted by atomic mass is 35.5. The van der Waals surface area contributed by atoms with Crippen molar-refractivity contribution in [3.05, 3.63) is 42.0 Å². The average molecular weight is 167 g/mol. The minimum Gasteiger partial charge on any atom is -0.126 e. The van der Waals surface area contributed by atoms with Crippen molar-refractivity contribution in [3.63, 3.8) is 0 Å². The van der Waals surface area contributed by atoms with Gasteiger partial charge in [-0.05, 0) is 17.5 Å². The van der Waals surface area contributed by atoms with E-state index in [2.05, 4.69) is 18.7 Å². The second kappa shape index (κ2) is 4.20. The fraction of sp³-hybridized carbons (Fsp3) is 0.200. The van der Waals surface area contributed by atoms with Gasteiger partial charge in [-0.3, -0.25) is 0 Å². The molecule has 0 aliphatic heterocycles. The fourth-order valence-corrected chi connectivity index (χ4v) is 1.27. The van der Waals surface area contributed by atoms with Gasteiger partial charge in [0.15, 0.2) is 0 Å². The van der Waals surface area contributed by atoms with Gasteiger partial charge in [0, 0.05) is 5.88 Å². The normalized spacial score (nSPS) is 9.55. The Morgan fingerprint density at radius 1 is 1.36 bits per heavy atom. The molecule has 0 amide bonds. The van der Waals surface area contributed by atoms with E-state index in [1.807, 2.05) is 18.2 Å². The Hall–Kier alpha value is -0.750. The number of rotatable bonds is 3. The zero-order chi connectivity index (χ0) is 8.10. The molecule has 11 heavy (non-hydrogen) atoms. The molecule has 0 saturated heterocycles. The van der Waals surface area contributed by atoms with Gasteiger partial charge in [-0.25, -0.2) is 0 Å². The molecule has 0 bridgehead atoms. The molecule has 58 valence electrons. The Balaban J connectivity index is 2.92. The van der Waals surface area contributed by atoms with Crippen LogP contribution < -0.4 is 0 Å². The quantitative estimate of drug-likeness (QED) is 0.606. The summed E-state index contributed by atoms with van der Waals surface area (Å²) in [5.41, 5.74) is 2.46. The first-order chi connectivity index (χ1) is 5.38. The van der Waals surface area contributed by atoms with Crippen molar-refractivity contribution in [2.75, 3.05) is 5.88 Å². The molecule has 0 aromatic heterocycles. The van der Waals surface area contributed by atoms with Crippen LogP contribution in [0.25, 0.3) is 6.08 Å². The Morgan fingerprint density at radius 2 is 2.09 bits per heavy atom. The first-order valence-corrected chi connectivity index (χ1v) is 4.18. The van der Waals surface area contributed by atoms with E-state index in [0.717, 1.165) is 6.42 Å². The highest BCUT2D eigenvalue weighted by molar-refractivity contribution is 6.18. The number of hydrogen-bond acceptors (Lipinski definition) is 0. The summed E-state index contributed by atoms with van der Waals surface area (Å²) in [6, 6.07) is 8.16. The van der Waals surface area contributed by atoms with Gasteiger partial charge < -0.3 is 0 Å². The van der Waals surface area contributed by atoms with Crippen molar-refractivity contribution in [3.8, 4) is 0 Å². The average Bonchev–Trinajstić information content (AvgIpc) is 2.06. The van der Waals surface area contributed by atoms with Gasteiger partial charge in [0.2, 0.25) is 0 Å². The first kappa shape index (κ1) is 8.35. The van der Waals surface area contributed by atoms with E-state index >= 15 is 0 Å². The van der Waals surface area contributed by atoms with E-state index in [9.17, 15) is 0 Å². The standard InChI is InChI=1S/C10H11Cl/c1-2-9-5-3-4-6-10(9)7-8-11/h2-6H,1,7-8H2.